The molecule has 0 aromatic carbocycles. The molecule has 0 N–H and O–H groups in total. The summed E-state index contributed by atoms with van der Waals surface area (Å²) in [6.07, 6.45) is 0.0556. The number of hydrogen-bond donors (Lipinski definition) is 0. The summed E-state index contributed by atoms with van der Waals surface area (Å²) >= 11 is 0. The van der Waals surface area contributed by atoms with Crippen molar-refractivity contribution in [2.45, 2.75) is 0 Å². The molecule has 0 aromatic heterocycles. The van der Waals surface area contributed by atoms with E-state index in [4.69, 9.17) is 0 Å². The molecule has 0 saturated carbocycles. The van der Waals surface area contributed by atoms with Crippen molar-refractivity contribution >= 4 is 30.4 Å². The van der Waals surface area contributed by atoms with Crippen molar-refractivity contribution in [3.8, 4) is 0 Å². The average molecular weight is 241 g/mol. The second-order valence-corrected chi connectivity index (χ2v) is 1.97. The minimum atomic E-state index is -1.03. The Morgan fingerprint density at radius 2 is 1.09 bits per heavy atom. The molecule has 0 rings (SSSR count). The first-order valence-corrected chi connectivity index (χ1v) is 3.97. The van der Waals surface area contributed by atoms with Gasteiger partial charge in [-0.25, -0.2) is 0 Å². The second-order valence-electron chi connectivity index (χ2n) is 1.15. The Hall–Kier alpha value is 0.294. The maximum absolute atomic E-state index is 9.24. The monoisotopic (exact) mass is 240 g/mol. The second kappa shape index (κ2) is 12.9. The minimum Gasteiger partial charge on any atom is -0.550 e. The summed E-state index contributed by atoms with van der Waals surface area (Å²) in [5.41, 5.74) is 0. The van der Waals surface area contributed by atoms with E-state index in [1.165, 1.54) is 0 Å². The Morgan fingerprint density at radius 1 is 1.00 bits per heavy atom. The topological polar surface area (TPSA) is 80.3 Å². The molecule has 0 spiro atoms. The van der Waals surface area contributed by atoms with E-state index in [0.717, 1.165) is 0 Å². The fourth-order valence-electron chi connectivity index (χ4n) is 0. The summed E-state index contributed by atoms with van der Waals surface area (Å²) in [4.78, 5) is 18.5. The van der Waals surface area contributed by atoms with Crippen molar-refractivity contribution in [3.05, 3.63) is 0 Å². The van der Waals surface area contributed by atoms with Crippen LogP contribution in [0.3, 0.4) is 0 Å². The van der Waals surface area contributed by atoms with Crippen LogP contribution in [-0.2, 0) is 26.1 Å². The van der Waals surface area contributed by atoms with Gasteiger partial charge in [-0.3, -0.25) is 0 Å². The van der Waals surface area contributed by atoms with Crippen LogP contribution in [0.4, 0.5) is 0 Å². The van der Waals surface area contributed by atoms with E-state index in [9.17, 15) is 19.8 Å². The quantitative estimate of drug-likeness (QED) is 0.386. The SMILES string of the molecule is O=C([O-])CP.O=C([O-])CP.[Ni+2]. The molecule has 0 aliphatic carbocycles. The Kier molecular flexibility index (Phi) is 20.4. The van der Waals surface area contributed by atoms with Gasteiger partial charge in [0.25, 0.3) is 0 Å². The van der Waals surface area contributed by atoms with Gasteiger partial charge >= 0.3 is 16.5 Å². The Morgan fingerprint density at radius 3 is 1.09 bits per heavy atom. The average Bonchev–Trinajstić information content (AvgIpc) is 1.89. The molecule has 0 heterocycles. The number of rotatable bonds is 2. The summed E-state index contributed by atoms with van der Waals surface area (Å²) in [5, 5.41) is 18.5. The van der Waals surface area contributed by atoms with Crippen LogP contribution in [0.1, 0.15) is 0 Å². The fourth-order valence-corrected chi connectivity index (χ4v) is 0. The molecule has 2 unspecified atom stereocenters. The maximum Gasteiger partial charge on any atom is 2.00 e. The third-order valence-corrected chi connectivity index (χ3v) is 1.00. The molecule has 0 fully saturated rings. The van der Waals surface area contributed by atoms with Crippen LogP contribution in [0.5, 0.6) is 0 Å². The first kappa shape index (κ1) is 17.4. The van der Waals surface area contributed by atoms with Gasteiger partial charge in [0.15, 0.2) is 0 Å². The molecule has 11 heavy (non-hydrogen) atoms. The van der Waals surface area contributed by atoms with Crippen molar-refractivity contribution < 1.29 is 36.3 Å². The van der Waals surface area contributed by atoms with Gasteiger partial charge in [0.05, 0.1) is 0 Å². The fraction of sp³-hybridized carbons (Fsp3) is 0.500. The largest absolute Gasteiger partial charge is 2.00 e. The van der Waals surface area contributed by atoms with Crippen molar-refractivity contribution in [3.63, 3.8) is 0 Å². The molecule has 0 amide bonds. The van der Waals surface area contributed by atoms with Crippen molar-refractivity contribution in [2.24, 2.45) is 0 Å². The summed E-state index contributed by atoms with van der Waals surface area (Å²) in [6.45, 7) is 0. The molecule has 0 radical (unpaired) electrons. The van der Waals surface area contributed by atoms with E-state index in [-0.39, 0.29) is 28.8 Å². The van der Waals surface area contributed by atoms with Crippen molar-refractivity contribution in [1.82, 2.24) is 0 Å². The normalized spacial score (nSPS) is 6.73. The van der Waals surface area contributed by atoms with Crippen LogP contribution in [0.2, 0.25) is 0 Å². The third-order valence-electron chi connectivity index (χ3n) is 0.333. The Bertz CT molecular complexity index is 105. The molecule has 4 nitrogen and oxygen atoms in total. The number of hydrogen-bond acceptors (Lipinski definition) is 4. The summed E-state index contributed by atoms with van der Waals surface area (Å²) in [5.74, 6) is -2.06. The van der Waals surface area contributed by atoms with Crippen LogP contribution >= 0.6 is 18.5 Å². The van der Waals surface area contributed by atoms with Crippen LogP contribution in [-0.4, -0.2) is 24.3 Å². The van der Waals surface area contributed by atoms with Crippen LogP contribution in [0, 0.1) is 0 Å². The van der Waals surface area contributed by atoms with Gasteiger partial charge in [-0.15, -0.1) is 18.5 Å². The zero-order chi connectivity index (χ0) is 8.57. The maximum atomic E-state index is 9.24. The zero-order valence-electron chi connectivity index (χ0n) is 5.52. The molecular formula is C4H8NiO4P2. The van der Waals surface area contributed by atoms with E-state index in [2.05, 4.69) is 0 Å². The van der Waals surface area contributed by atoms with E-state index in [1.54, 1.807) is 0 Å². The van der Waals surface area contributed by atoms with Crippen molar-refractivity contribution in [1.29, 1.82) is 0 Å². The van der Waals surface area contributed by atoms with Gasteiger partial charge in [-0.2, -0.15) is 0 Å². The smallest absolute Gasteiger partial charge is 0.550 e. The molecule has 68 valence electrons. The van der Waals surface area contributed by atoms with Crippen LogP contribution in [0.15, 0.2) is 0 Å². The number of carbonyl (C=O) groups excluding carboxylic acids is 2. The Labute approximate surface area is 79.5 Å². The van der Waals surface area contributed by atoms with Gasteiger partial charge in [0.1, 0.15) is 0 Å². The number of carbonyl (C=O) groups is 2. The van der Waals surface area contributed by atoms with E-state index >= 15 is 0 Å². The third kappa shape index (κ3) is 38.4. The molecule has 2 atom stereocenters. The summed E-state index contributed by atoms with van der Waals surface area (Å²) in [6, 6.07) is 0. The van der Waals surface area contributed by atoms with Crippen LogP contribution in [0.25, 0.3) is 0 Å². The molecule has 0 bridgehead atoms. The molecule has 0 aliphatic heterocycles. The molecule has 0 saturated heterocycles. The number of carboxylic acids is 2. The van der Waals surface area contributed by atoms with Gasteiger partial charge in [0, 0.05) is 24.3 Å². The van der Waals surface area contributed by atoms with E-state index in [1.807, 2.05) is 18.5 Å². The van der Waals surface area contributed by atoms with Gasteiger partial charge in [-0.05, 0) is 0 Å². The standard InChI is InChI=1S/2C2H5O2P.Ni/c2*3-2(4)1-5;/h2*1,5H2,(H,3,4);/q;;+2/p-2. The predicted molar refractivity (Wildman–Crippen MR) is 39.2 cm³/mol. The van der Waals surface area contributed by atoms with Crippen LogP contribution < -0.4 is 10.2 Å². The van der Waals surface area contributed by atoms with Gasteiger partial charge < -0.3 is 19.8 Å². The van der Waals surface area contributed by atoms with E-state index < -0.39 is 11.9 Å². The van der Waals surface area contributed by atoms with Gasteiger partial charge in [0.2, 0.25) is 0 Å². The summed E-state index contributed by atoms with van der Waals surface area (Å²) < 4.78 is 0. The predicted octanol–water partition coefficient (Wildman–Crippen LogP) is -2.78. The Balaban J connectivity index is -0.000000107. The van der Waals surface area contributed by atoms with E-state index in [0.29, 0.717) is 0 Å². The van der Waals surface area contributed by atoms with Crippen molar-refractivity contribution in [2.75, 3.05) is 12.3 Å². The molecule has 7 heteroatoms. The first-order chi connectivity index (χ1) is 4.54. The summed E-state index contributed by atoms with van der Waals surface area (Å²) in [7, 11) is 4.06. The minimum absolute atomic E-state index is 0. The number of carboxylic acid groups (broad SMARTS) is 2. The first-order valence-electron chi connectivity index (χ1n) is 2.34. The molecule has 0 aromatic rings. The molecular weight excluding hydrogens is 233 g/mol. The van der Waals surface area contributed by atoms with Gasteiger partial charge in [-0.1, -0.05) is 0 Å². The number of aliphatic carboxylic acids is 2. The molecule has 0 aliphatic rings. The zero-order valence-corrected chi connectivity index (χ0v) is 8.82.